The predicted octanol–water partition coefficient (Wildman–Crippen LogP) is 2.95. The van der Waals surface area contributed by atoms with Gasteiger partial charge in [0.05, 0.1) is 12.2 Å². The standard InChI is InChI=1S/C30H42O9/c1-15(2)26-13-17(4)29-19-21(26)35-28(38-26,39-29)12-10-8-6-7-9-11-16(3)18-20(29)30(24(33)36-25(18,5)37-30)23(32)27(14-31)22(19)34-27/h16-23,31-32H,1,6-14H2,2-5H3/t16-,17-,18-,19-,20+,21-,22+,23-,25-,26-,27+,28?,29-,30+/m1/s1. The van der Waals surface area contributed by atoms with Gasteiger partial charge in [0.25, 0.3) is 5.97 Å². The molecule has 0 amide bonds. The highest BCUT2D eigenvalue weighted by Gasteiger charge is 2.93. The molecular weight excluding hydrogens is 504 g/mol. The summed E-state index contributed by atoms with van der Waals surface area (Å²) in [6.07, 6.45) is 4.93. The van der Waals surface area contributed by atoms with E-state index in [1.165, 1.54) is 0 Å². The Morgan fingerprint density at radius 1 is 1.03 bits per heavy atom. The molecule has 0 aromatic carbocycles. The van der Waals surface area contributed by atoms with Crippen molar-refractivity contribution in [3.05, 3.63) is 12.2 Å². The molecule has 9 nitrogen and oxygen atoms in total. The minimum absolute atomic E-state index is 0.104. The number of carbonyl (C=O) groups is 1. The lowest BCUT2D eigenvalue weighted by Crippen LogP contribution is -2.75. The number of fused-ring (bicyclic) bond motifs is 3. The van der Waals surface area contributed by atoms with Crippen LogP contribution in [0.4, 0.5) is 0 Å². The third-order valence-corrected chi connectivity index (χ3v) is 12.3. The van der Waals surface area contributed by atoms with Gasteiger partial charge in [-0.1, -0.05) is 52.5 Å². The molecule has 216 valence electrons. The monoisotopic (exact) mass is 546 g/mol. The molecule has 2 N–H and O–H groups in total. The molecule has 6 aliphatic heterocycles. The van der Waals surface area contributed by atoms with Crippen LogP contribution < -0.4 is 0 Å². The van der Waals surface area contributed by atoms with Gasteiger partial charge in [-0.25, -0.2) is 4.79 Å². The van der Waals surface area contributed by atoms with Crippen molar-refractivity contribution in [2.45, 2.75) is 132 Å². The van der Waals surface area contributed by atoms with E-state index >= 15 is 0 Å². The van der Waals surface area contributed by atoms with Gasteiger partial charge in [0, 0.05) is 31.1 Å². The van der Waals surface area contributed by atoms with Crippen molar-refractivity contribution in [3.8, 4) is 0 Å². The average molecular weight is 547 g/mol. The van der Waals surface area contributed by atoms with Crippen LogP contribution in [-0.4, -0.2) is 75.3 Å². The minimum Gasteiger partial charge on any atom is -0.431 e. The summed E-state index contributed by atoms with van der Waals surface area (Å²) in [5, 5.41) is 22.9. The van der Waals surface area contributed by atoms with Gasteiger partial charge in [-0.15, -0.1) is 0 Å². The van der Waals surface area contributed by atoms with Crippen LogP contribution in [0.25, 0.3) is 0 Å². The van der Waals surface area contributed by atoms with Gasteiger partial charge >= 0.3 is 5.97 Å². The summed E-state index contributed by atoms with van der Waals surface area (Å²) in [7, 11) is 0. The van der Waals surface area contributed by atoms with Gasteiger partial charge < -0.3 is 38.6 Å². The summed E-state index contributed by atoms with van der Waals surface area (Å²) in [6, 6.07) is 0. The fourth-order valence-corrected chi connectivity index (χ4v) is 10.7. The molecule has 8 rings (SSSR count). The summed E-state index contributed by atoms with van der Waals surface area (Å²) >= 11 is 0. The van der Waals surface area contributed by atoms with E-state index in [0.29, 0.717) is 12.8 Å². The molecule has 14 atom stereocenters. The van der Waals surface area contributed by atoms with Gasteiger partial charge in [0.1, 0.15) is 29.5 Å². The zero-order valence-corrected chi connectivity index (χ0v) is 23.4. The summed E-state index contributed by atoms with van der Waals surface area (Å²) in [6.45, 7) is 12.1. The molecule has 8 fully saturated rings. The Bertz CT molecular complexity index is 1140. The van der Waals surface area contributed by atoms with Gasteiger partial charge in [-0.05, 0) is 37.2 Å². The number of rotatable bonds is 2. The van der Waals surface area contributed by atoms with Crippen LogP contribution in [-0.2, 0) is 33.2 Å². The second-order valence-electron chi connectivity index (χ2n) is 14.2. The van der Waals surface area contributed by atoms with E-state index < -0.39 is 76.9 Å². The second-order valence-corrected chi connectivity index (χ2v) is 14.2. The van der Waals surface area contributed by atoms with Gasteiger partial charge in [0.15, 0.2) is 0 Å². The number of aliphatic hydroxyl groups excluding tert-OH is 2. The van der Waals surface area contributed by atoms with Crippen LogP contribution in [0, 0.1) is 29.6 Å². The SMILES string of the molecule is C=C(C)[C@]12C[C@@H](C)[C@]34OC5(CCCCCCC[C@@H](C)[C@@H]6[C@@H]3[C@]3(O[C@@]6(C)OC3=O)[C@H](O)[C@@]3(CO)O[C@H]3[C@H]4[C@H]1O5)O2. The highest BCUT2D eigenvalue weighted by Crippen LogP contribution is 2.77. The number of carbonyl (C=O) groups excluding carboxylic acids is 1. The first-order valence-corrected chi connectivity index (χ1v) is 15.1. The number of esters is 1. The lowest BCUT2D eigenvalue weighted by Gasteiger charge is -2.61. The van der Waals surface area contributed by atoms with Crippen LogP contribution in [0.15, 0.2) is 12.2 Å². The van der Waals surface area contributed by atoms with Crippen molar-refractivity contribution in [1.82, 2.24) is 0 Å². The fourth-order valence-electron chi connectivity index (χ4n) is 10.7. The fraction of sp³-hybridized carbons (Fsp3) is 0.900. The molecule has 0 radical (unpaired) electrons. The molecule has 3 spiro atoms. The lowest BCUT2D eigenvalue weighted by atomic mass is 9.50. The Morgan fingerprint density at radius 2 is 1.77 bits per heavy atom. The predicted molar refractivity (Wildman–Crippen MR) is 135 cm³/mol. The number of hydrogen-bond acceptors (Lipinski definition) is 9. The van der Waals surface area contributed by atoms with Gasteiger partial charge in [0.2, 0.25) is 11.4 Å². The Hall–Kier alpha value is -1.07. The van der Waals surface area contributed by atoms with Crippen LogP contribution >= 0.6 is 0 Å². The highest BCUT2D eigenvalue weighted by atomic mass is 16.9. The van der Waals surface area contributed by atoms with Crippen LogP contribution in [0.5, 0.6) is 0 Å². The molecule has 0 aromatic rings. The summed E-state index contributed by atoms with van der Waals surface area (Å²) < 4.78 is 40.2. The Kier molecular flexibility index (Phi) is 4.90. The van der Waals surface area contributed by atoms with E-state index in [1.807, 2.05) is 13.8 Å². The molecule has 6 saturated heterocycles. The van der Waals surface area contributed by atoms with Gasteiger partial charge in [-0.2, -0.15) is 0 Å². The van der Waals surface area contributed by atoms with Crippen LogP contribution in [0.1, 0.15) is 79.1 Å². The van der Waals surface area contributed by atoms with Crippen molar-refractivity contribution in [1.29, 1.82) is 0 Å². The molecule has 2 saturated carbocycles. The van der Waals surface area contributed by atoms with Crippen LogP contribution in [0.3, 0.4) is 0 Å². The third kappa shape index (κ3) is 2.63. The normalized spacial score (nSPS) is 62.4. The maximum absolute atomic E-state index is 14.0. The minimum atomic E-state index is -1.73. The first kappa shape index (κ1) is 25.6. The zero-order chi connectivity index (χ0) is 27.4. The Morgan fingerprint density at radius 3 is 2.51 bits per heavy atom. The number of ether oxygens (including phenoxy) is 6. The van der Waals surface area contributed by atoms with Crippen molar-refractivity contribution in [2.24, 2.45) is 29.6 Å². The maximum Gasteiger partial charge on any atom is 0.344 e. The zero-order valence-electron chi connectivity index (χ0n) is 23.4. The first-order valence-electron chi connectivity index (χ1n) is 15.1. The highest BCUT2D eigenvalue weighted by molar-refractivity contribution is 5.85. The van der Waals surface area contributed by atoms with Crippen molar-refractivity contribution >= 4 is 5.97 Å². The van der Waals surface area contributed by atoms with E-state index in [9.17, 15) is 15.0 Å². The van der Waals surface area contributed by atoms with Crippen molar-refractivity contribution < 1.29 is 43.4 Å². The molecule has 2 aliphatic carbocycles. The number of epoxide rings is 1. The average Bonchev–Trinajstić information content (AvgIpc) is 3.39. The maximum atomic E-state index is 14.0. The topological polar surface area (TPSA) is 116 Å². The summed E-state index contributed by atoms with van der Waals surface area (Å²) in [5.74, 6) is -4.22. The van der Waals surface area contributed by atoms with E-state index in [-0.39, 0.29) is 17.8 Å². The largest absolute Gasteiger partial charge is 0.431 e. The molecule has 39 heavy (non-hydrogen) atoms. The first-order chi connectivity index (χ1) is 18.5. The molecule has 5 bridgehead atoms. The van der Waals surface area contributed by atoms with Crippen molar-refractivity contribution in [3.63, 3.8) is 0 Å². The molecule has 8 aliphatic rings. The summed E-state index contributed by atoms with van der Waals surface area (Å²) in [4.78, 5) is 14.0. The quantitative estimate of drug-likeness (QED) is 0.306. The lowest BCUT2D eigenvalue weighted by molar-refractivity contribution is -0.435. The van der Waals surface area contributed by atoms with Crippen LogP contribution in [0.2, 0.25) is 0 Å². The summed E-state index contributed by atoms with van der Waals surface area (Å²) in [5.41, 5.74) is -4.00. The Balaban J connectivity index is 1.42. The smallest absolute Gasteiger partial charge is 0.344 e. The molecular formula is C30H42O9. The third-order valence-electron chi connectivity index (χ3n) is 12.3. The Labute approximate surface area is 229 Å². The van der Waals surface area contributed by atoms with E-state index in [1.54, 1.807) is 0 Å². The van der Waals surface area contributed by atoms with E-state index in [0.717, 1.165) is 44.1 Å². The second kappa shape index (κ2) is 7.46. The number of aliphatic hydroxyl groups is 2. The molecule has 9 heteroatoms. The van der Waals surface area contributed by atoms with E-state index in [4.69, 9.17) is 28.4 Å². The van der Waals surface area contributed by atoms with Crippen molar-refractivity contribution in [2.75, 3.05) is 6.61 Å². The van der Waals surface area contributed by atoms with Gasteiger partial charge in [-0.3, -0.25) is 0 Å². The number of hydrogen-bond donors (Lipinski definition) is 2. The molecule has 1 unspecified atom stereocenters. The molecule has 6 heterocycles. The molecule has 0 aromatic heterocycles. The van der Waals surface area contributed by atoms with E-state index in [2.05, 4.69) is 20.4 Å².